The molecule has 8 nitrogen and oxygen atoms in total. The molecule has 0 aliphatic carbocycles. The summed E-state index contributed by atoms with van der Waals surface area (Å²) in [6.45, 7) is -0.0444. The van der Waals surface area contributed by atoms with Gasteiger partial charge in [-0.3, -0.25) is 4.79 Å². The van der Waals surface area contributed by atoms with E-state index in [2.05, 4.69) is 5.32 Å². The van der Waals surface area contributed by atoms with Crippen molar-refractivity contribution in [3.05, 3.63) is 30.1 Å². The van der Waals surface area contributed by atoms with Crippen LogP contribution in [-0.4, -0.2) is 63.1 Å². The van der Waals surface area contributed by atoms with Gasteiger partial charge in [0.05, 0.1) is 11.5 Å². The van der Waals surface area contributed by atoms with Gasteiger partial charge in [0.1, 0.15) is 12.4 Å². The van der Waals surface area contributed by atoms with Crippen molar-refractivity contribution in [3.8, 4) is 0 Å². The molecular weight excluding hydrogens is 355 g/mol. The summed E-state index contributed by atoms with van der Waals surface area (Å²) >= 11 is 0. The molecule has 25 heavy (non-hydrogen) atoms. The van der Waals surface area contributed by atoms with Crippen molar-refractivity contribution < 1.29 is 32.2 Å². The van der Waals surface area contributed by atoms with Crippen LogP contribution in [0.4, 0.5) is 4.39 Å². The van der Waals surface area contributed by atoms with Gasteiger partial charge in [-0.25, -0.2) is 21.9 Å². The number of carboxylic acid groups (broad SMARTS) is 1. The zero-order chi connectivity index (χ0) is 18.9. The number of carbonyl (C=O) groups excluding carboxylic acids is 1. The summed E-state index contributed by atoms with van der Waals surface area (Å²) in [6, 6.07) is 4.51. The monoisotopic (exact) mass is 376 g/mol. The van der Waals surface area contributed by atoms with Crippen molar-refractivity contribution in [3.63, 3.8) is 0 Å². The number of hydrogen-bond acceptors (Lipinski definition) is 5. The molecule has 2 N–H and O–H groups in total. The first kappa shape index (κ1) is 21.0. The third-order valence-corrected chi connectivity index (χ3v) is 5.06. The van der Waals surface area contributed by atoms with Gasteiger partial charge in [-0.2, -0.15) is 0 Å². The van der Waals surface area contributed by atoms with Crippen LogP contribution in [0.1, 0.15) is 12.8 Å². The molecule has 0 aliphatic heterocycles. The van der Waals surface area contributed by atoms with E-state index in [-0.39, 0.29) is 36.9 Å². The molecule has 1 amide bonds. The average Bonchev–Trinajstić information content (AvgIpc) is 2.54. The van der Waals surface area contributed by atoms with Crippen LogP contribution in [0.5, 0.6) is 0 Å². The van der Waals surface area contributed by atoms with Crippen LogP contribution < -0.4 is 5.32 Å². The SMILES string of the molecule is CN(CCCC(=O)NCCOCC(=O)O)S(=O)(=O)c1ccc(F)cc1. The Labute approximate surface area is 145 Å². The third kappa shape index (κ3) is 7.59. The van der Waals surface area contributed by atoms with Crippen molar-refractivity contribution in [1.82, 2.24) is 9.62 Å². The first-order chi connectivity index (χ1) is 11.7. The Morgan fingerprint density at radius 3 is 2.52 bits per heavy atom. The lowest BCUT2D eigenvalue weighted by Crippen LogP contribution is -2.31. The molecule has 1 rings (SSSR count). The molecular formula is C15H21FN2O6S. The Bertz CT molecular complexity index is 678. The van der Waals surface area contributed by atoms with Crippen molar-refractivity contribution in [1.29, 1.82) is 0 Å². The molecule has 1 aromatic carbocycles. The van der Waals surface area contributed by atoms with Gasteiger partial charge in [0.15, 0.2) is 0 Å². The van der Waals surface area contributed by atoms with E-state index in [4.69, 9.17) is 9.84 Å². The van der Waals surface area contributed by atoms with E-state index >= 15 is 0 Å². The summed E-state index contributed by atoms with van der Waals surface area (Å²) in [6.07, 6.45) is 0.418. The fraction of sp³-hybridized carbons (Fsp3) is 0.467. The molecule has 140 valence electrons. The highest BCUT2D eigenvalue weighted by molar-refractivity contribution is 7.89. The maximum absolute atomic E-state index is 12.9. The standard InChI is InChI=1S/C15H21FN2O6S/c1-18(25(22,23)13-6-4-12(16)5-7-13)9-2-3-14(19)17-8-10-24-11-15(20)21/h4-7H,2-3,8-11H2,1H3,(H,17,19)(H,20,21). The lowest BCUT2D eigenvalue weighted by molar-refractivity contribution is -0.142. The van der Waals surface area contributed by atoms with Crippen LogP contribution in [0.3, 0.4) is 0 Å². The second-order valence-corrected chi connectivity index (χ2v) is 7.23. The Morgan fingerprint density at radius 1 is 1.28 bits per heavy atom. The van der Waals surface area contributed by atoms with Gasteiger partial charge in [-0.15, -0.1) is 0 Å². The summed E-state index contributed by atoms with van der Waals surface area (Å²) in [7, 11) is -2.34. The Balaban J connectivity index is 2.31. The van der Waals surface area contributed by atoms with E-state index in [0.717, 1.165) is 16.4 Å². The van der Waals surface area contributed by atoms with E-state index in [1.54, 1.807) is 0 Å². The normalized spacial score (nSPS) is 11.5. The minimum atomic E-state index is -3.73. The second-order valence-electron chi connectivity index (χ2n) is 5.18. The molecule has 0 atom stereocenters. The maximum Gasteiger partial charge on any atom is 0.329 e. The van der Waals surface area contributed by atoms with Gasteiger partial charge in [0, 0.05) is 26.6 Å². The third-order valence-electron chi connectivity index (χ3n) is 3.19. The number of nitrogens with one attached hydrogen (secondary N) is 1. The van der Waals surface area contributed by atoms with E-state index < -0.39 is 28.4 Å². The topological polar surface area (TPSA) is 113 Å². The summed E-state index contributed by atoms with van der Waals surface area (Å²) in [4.78, 5) is 21.8. The number of aliphatic carboxylic acids is 1. The van der Waals surface area contributed by atoms with Crippen LogP contribution in [0, 0.1) is 5.82 Å². The van der Waals surface area contributed by atoms with E-state index in [1.807, 2.05) is 0 Å². The predicted molar refractivity (Wildman–Crippen MR) is 86.9 cm³/mol. The van der Waals surface area contributed by atoms with Crippen molar-refractivity contribution >= 4 is 21.9 Å². The molecule has 1 aromatic rings. The van der Waals surface area contributed by atoms with Gasteiger partial charge in [-0.1, -0.05) is 0 Å². The largest absolute Gasteiger partial charge is 0.480 e. The Morgan fingerprint density at radius 2 is 1.92 bits per heavy atom. The molecule has 0 fully saturated rings. The smallest absolute Gasteiger partial charge is 0.329 e. The molecule has 0 aromatic heterocycles. The molecule has 0 radical (unpaired) electrons. The molecule has 0 aliphatic rings. The van der Waals surface area contributed by atoms with Gasteiger partial charge < -0.3 is 15.2 Å². The minimum Gasteiger partial charge on any atom is -0.480 e. The highest BCUT2D eigenvalue weighted by Gasteiger charge is 2.20. The number of hydrogen-bond donors (Lipinski definition) is 2. The van der Waals surface area contributed by atoms with Gasteiger partial charge >= 0.3 is 5.97 Å². The Kier molecular flexibility index (Phi) is 8.46. The van der Waals surface area contributed by atoms with E-state index in [0.29, 0.717) is 6.42 Å². The summed E-state index contributed by atoms with van der Waals surface area (Å²) in [5.41, 5.74) is 0. The predicted octanol–water partition coefficient (Wildman–Crippen LogP) is 0.444. The minimum absolute atomic E-state index is 0.0172. The highest BCUT2D eigenvalue weighted by atomic mass is 32.2. The number of carboxylic acids is 1. The van der Waals surface area contributed by atoms with Gasteiger partial charge in [0.25, 0.3) is 0 Å². The summed E-state index contributed by atoms with van der Waals surface area (Å²) < 4.78 is 43.2. The molecule has 0 saturated carbocycles. The van der Waals surface area contributed by atoms with Gasteiger partial charge in [-0.05, 0) is 30.7 Å². The summed E-state index contributed by atoms with van der Waals surface area (Å²) in [5.74, 6) is -1.89. The highest BCUT2D eigenvalue weighted by Crippen LogP contribution is 2.15. The number of sulfonamides is 1. The fourth-order valence-electron chi connectivity index (χ4n) is 1.88. The molecule has 0 spiro atoms. The number of halogens is 1. The van der Waals surface area contributed by atoms with Crippen LogP contribution in [0.25, 0.3) is 0 Å². The van der Waals surface area contributed by atoms with Crippen LogP contribution >= 0.6 is 0 Å². The maximum atomic E-state index is 12.9. The number of amides is 1. The average molecular weight is 376 g/mol. The first-order valence-electron chi connectivity index (χ1n) is 7.51. The van der Waals surface area contributed by atoms with Crippen molar-refractivity contribution in [2.45, 2.75) is 17.7 Å². The second kappa shape index (κ2) is 10.1. The van der Waals surface area contributed by atoms with Crippen LogP contribution in [-0.2, 0) is 24.3 Å². The quantitative estimate of drug-likeness (QED) is 0.542. The number of ether oxygens (including phenoxy) is 1. The number of carbonyl (C=O) groups is 2. The molecule has 10 heteroatoms. The number of benzene rings is 1. The zero-order valence-corrected chi connectivity index (χ0v) is 14.6. The lowest BCUT2D eigenvalue weighted by Gasteiger charge is -2.17. The molecule has 0 heterocycles. The first-order valence-corrected chi connectivity index (χ1v) is 8.95. The lowest BCUT2D eigenvalue weighted by atomic mass is 10.3. The Hall–Kier alpha value is -2.04. The van der Waals surface area contributed by atoms with E-state index in [9.17, 15) is 22.4 Å². The summed E-state index contributed by atoms with van der Waals surface area (Å²) in [5, 5.41) is 10.9. The van der Waals surface area contributed by atoms with Crippen molar-refractivity contribution in [2.75, 3.05) is 33.4 Å². The van der Waals surface area contributed by atoms with E-state index in [1.165, 1.54) is 19.2 Å². The molecule has 0 bridgehead atoms. The van der Waals surface area contributed by atoms with Crippen molar-refractivity contribution in [2.24, 2.45) is 0 Å². The number of nitrogens with zero attached hydrogens (tertiary/aromatic N) is 1. The number of rotatable bonds is 11. The zero-order valence-electron chi connectivity index (χ0n) is 13.8. The van der Waals surface area contributed by atoms with Crippen LogP contribution in [0.15, 0.2) is 29.2 Å². The molecule has 0 saturated heterocycles. The fourth-order valence-corrected chi connectivity index (χ4v) is 3.09. The van der Waals surface area contributed by atoms with Gasteiger partial charge in [0.2, 0.25) is 15.9 Å². The van der Waals surface area contributed by atoms with Crippen LogP contribution in [0.2, 0.25) is 0 Å². The molecule has 0 unspecified atom stereocenters.